The van der Waals surface area contributed by atoms with E-state index in [1.807, 2.05) is 0 Å². The van der Waals surface area contributed by atoms with E-state index in [-0.39, 0.29) is 5.41 Å². The lowest BCUT2D eigenvalue weighted by atomic mass is 9.86. The van der Waals surface area contributed by atoms with Gasteiger partial charge >= 0.3 is 0 Å². The van der Waals surface area contributed by atoms with Crippen LogP contribution < -0.4 is 0 Å². The van der Waals surface area contributed by atoms with Crippen LogP contribution in [0.15, 0.2) is 0 Å². The van der Waals surface area contributed by atoms with Gasteiger partial charge in [-0.2, -0.15) is 0 Å². The molecule has 0 N–H and O–H groups in total. The van der Waals surface area contributed by atoms with Crippen LogP contribution in [0.1, 0.15) is 41.0 Å². The van der Waals surface area contributed by atoms with E-state index in [1.165, 1.54) is 0 Å². The number of hydrogen-bond acceptors (Lipinski definition) is 2. The van der Waals surface area contributed by atoms with Crippen molar-refractivity contribution in [3.63, 3.8) is 0 Å². The topological polar surface area (TPSA) is 20.3 Å². The van der Waals surface area contributed by atoms with E-state index in [0.29, 0.717) is 12.1 Å². The van der Waals surface area contributed by atoms with E-state index in [1.54, 1.807) is 0 Å². The molecule has 1 fully saturated rings. The summed E-state index contributed by atoms with van der Waals surface area (Å²) in [6.07, 6.45) is 1.08. The minimum atomic E-state index is -0.613. The van der Waals surface area contributed by atoms with Gasteiger partial charge in [0.15, 0.2) is 0 Å². The fourth-order valence-electron chi connectivity index (χ4n) is 2.28. The summed E-state index contributed by atoms with van der Waals surface area (Å²) in [5.74, 6) is 1.73. The second-order valence-electron chi connectivity index (χ2n) is 5.88. The van der Waals surface area contributed by atoms with Crippen molar-refractivity contribution in [3.8, 4) is 0 Å². The first-order chi connectivity index (χ1) is 6.82. The highest BCUT2D eigenvalue weighted by molar-refractivity contribution is 7.85. The maximum Gasteiger partial charge on any atom is 0.0396 e. The number of nitrogens with zero attached hydrogens (tertiary/aromatic N) is 1. The number of rotatable bonds is 1. The summed E-state index contributed by atoms with van der Waals surface area (Å²) in [6.45, 7) is 12.4. The predicted octanol–water partition coefficient (Wildman–Crippen LogP) is 2.26. The van der Waals surface area contributed by atoms with Crippen LogP contribution in [0.2, 0.25) is 0 Å². The van der Waals surface area contributed by atoms with E-state index < -0.39 is 10.8 Å². The van der Waals surface area contributed by atoms with Crippen molar-refractivity contribution < 1.29 is 4.21 Å². The van der Waals surface area contributed by atoms with Crippen molar-refractivity contribution in [1.82, 2.24) is 4.90 Å². The normalized spacial score (nSPS) is 30.5. The van der Waals surface area contributed by atoms with Crippen LogP contribution >= 0.6 is 0 Å². The quantitative estimate of drug-likeness (QED) is 0.690. The van der Waals surface area contributed by atoms with Gasteiger partial charge in [0.25, 0.3) is 0 Å². The smallest absolute Gasteiger partial charge is 0.0396 e. The van der Waals surface area contributed by atoms with Gasteiger partial charge in [-0.15, -0.1) is 0 Å². The average Bonchev–Trinajstić information content (AvgIpc) is 2.25. The maximum atomic E-state index is 11.8. The van der Waals surface area contributed by atoms with Crippen LogP contribution in [-0.2, 0) is 10.8 Å². The van der Waals surface area contributed by atoms with Crippen molar-refractivity contribution in [2.75, 3.05) is 18.1 Å². The van der Waals surface area contributed by atoms with Gasteiger partial charge in [0.05, 0.1) is 0 Å². The van der Waals surface area contributed by atoms with Crippen molar-refractivity contribution in [2.45, 2.75) is 53.1 Å². The zero-order chi connectivity index (χ0) is 11.6. The summed E-state index contributed by atoms with van der Waals surface area (Å²) < 4.78 is 11.8. The molecule has 90 valence electrons. The first kappa shape index (κ1) is 13.2. The Hall–Kier alpha value is 0.110. The summed E-state index contributed by atoms with van der Waals surface area (Å²) in [6, 6.07) is 1.02. The lowest BCUT2D eigenvalue weighted by molar-refractivity contribution is 0.0889. The van der Waals surface area contributed by atoms with E-state index in [2.05, 4.69) is 39.5 Å². The van der Waals surface area contributed by atoms with Crippen LogP contribution in [-0.4, -0.2) is 39.2 Å². The largest absolute Gasteiger partial charge is 0.297 e. The minimum absolute atomic E-state index is 0.226. The standard InChI is InChI=1S/C12H25NOS/c1-10(2)13-7-6-8-15(14)9-11(13)12(3,4)5/h10-11H,6-9H2,1-5H3/t11-,15?/m0/s1. The van der Waals surface area contributed by atoms with E-state index in [0.717, 1.165) is 24.5 Å². The Morgan fingerprint density at radius 2 is 1.93 bits per heavy atom. The van der Waals surface area contributed by atoms with Gasteiger partial charge in [-0.25, -0.2) is 0 Å². The monoisotopic (exact) mass is 231 g/mol. The summed E-state index contributed by atoms with van der Waals surface area (Å²) in [5.41, 5.74) is 0.226. The third kappa shape index (κ3) is 3.56. The highest BCUT2D eigenvalue weighted by atomic mass is 32.2. The molecule has 0 bridgehead atoms. The van der Waals surface area contributed by atoms with Gasteiger partial charge < -0.3 is 0 Å². The molecule has 0 saturated carbocycles. The fourth-order valence-corrected chi connectivity index (χ4v) is 3.95. The van der Waals surface area contributed by atoms with Crippen LogP contribution in [0.3, 0.4) is 0 Å². The van der Waals surface area contributed by atoms with Crippen molar-refractivity contribution >= 4 is 10.8 Å². The van der Waals surface area contributed by atoms with Gasteiger partial charge in [0.1, 0.15) is 0 Å². The fraction of sp³-hybridized carbons (Fsp3) is 1.00. The van der Waals surface area contributed by atoms with Crippen LogP contribution in [0.25, 0.3) is 0 Å². The maximum absolute atomic E-state index is 11.8. The lowest BCUT2D eigenvalue weighted by Crippen LogP contribution is -2.49. The molecule has 1 aliphatic heterocycles. The van der Waals surface area contributed by atoms with Crippen molar-refractivity contribution in [3.05, 3.63) is 0 Å². The third-order valence-corrected chi connectivity index (χ3v) is 4.63. The Morgan fingerprint density at radius 1 is 1.33 bits per heavy atom. The van der Waals surface area contributed by atoms with Crippen molar-refractivity contribution in [2.24, 2.45) is 5.41 Å². The minimum Gasteiger partial charge on any atom is -0.297 e. The molecule has 0 radical (unpaired) electrons. The molecule has 0 aromatic rings. The molecule has 2 atom stereocenters. The molecular weight excluding hydrogens is 206 g/mol. The number of hydrogen-bond donors (Lipinski definition) is 0. The van der Waals surface area contributed by atoms with Gasteiger partial charge in [-0.05, 0) is 32.2 Å². The summed E-state index contributed by atoms with van der Waals surface area (Å²) >= 11 is 0. The van der Waals surface area contributed by atoms with Crippen LogP contribution in [0.4, 0.5) is 0 Å². The Balaban J connectivity index is 2.86. The first-order valence-electron chi connectivity index (χ1n) is 5.93. The van der Waals surface area contributed by atoms with E-state index >= 15 is 0 Å². The molecule has 1 unspecified atom stereocenters. The Labute approximate surface area is 96.9 Å². The predicted molar refractivity (Wildman–Crippen MR) is 67.6 cm³/mol. The highest BCUT2D eigenvalue weighted by Gasteiger charge is 2.34. The zero-order valence-electron chi connectivity index (χ0n) is 10.7. The van der Waals surface area contributed by atoms with Gasteiger partial charge in [0, 0.05) is 34.4 Å². The molecule has 0 aromatic heterocycles. The van der Waals surface area contributed by atoms with Crippen molar-refractivity contribution in [1.29, 1.82) is 0 Å². The Morgan fingerprint density at radius 3 is 2.40 bits per heavy atom. The molecule has 15 heavy (non-hydrogen) atoms. The molecule has 0 amide bonds. The van der Waals surface area contributed by atoms with Gasteiger partial charge in [-0.3, -0.25) is 9.11 Å². The molecule has 2 nitrogen and oxygen atoms in total. The Kier molecular flexibility index (Phi) is 4.36. The molecule has 1 rings (SSSR count). The molecular formula is C12H25NOS. The van der Waals surface area contributed by atoms with E-state index in [9.17, 15) is 4.21 Å². The van der Waals surface area contributed by atoms with Crippen LogP contribution in [0, 0.1) is 5.41 Å². The Bertz CT molecular complexity index is 232. The molecule has 1 aliphatic rings. The van der Waals surface area contributed by atoms with Crippen LogP contribution in [0.5, 0.6) is 0 Å². The molecule has 0 aromatic carbocycles. The molecule has 1 saturated heterocycles. The second kappa shape index (κ2) is 4.96. The average molecular weight is 231 g/mol. The van der Waals surface area contributed by atoms with Gasteiger partial charge in [-0.1, -0.05) is 20.8 Å². The van der Waals surface area contributed by atoms with Gasteiger partial charge in [0.2, 0.25) is 0 Å². The SMILES string of the molecule is CC(C)N1CCCS(=O)C[C@H]1C(C)(C)C. The second-order valence-corrected chi connectivity index (χ2v) is 7.50. The molecule has 0 spiro atoms. The zero-order valence-corrected chi connectivity index (χ0v) is 11.6. The molecule has 0 aliphatic carbocycles. The summed E-state index contributed by atoms with van der Waals surface area (Å²) in [5, 5.41) is 0. The first-order valence-corrected chi connectivity index (χ1v) is 7.42. The third-order valence-electron chi connectivity index (χ3n) is 3.20. The lowest BCUT2D eigenvalue weighted by Gasteiger charge is -2.41. The molecule has 1 heterocycles. The highest BCUT2D eigenvalue weighted by Crippen LogP contribution is 2.28. The summed E-state index contributed by atoms with van der Waals surface area (Å²) in [7, 11) is -0.613. The van der Waals surface area contributed by atoms with E-state index in [4.69, 9.17) is 0 Å². The summed E-state index contributed by atoms with van der Waals surface area (Å²) in [4.78, 5) is 2.53. The molecule has 3 heteroatoms.